The fourth-order valence-corrected chi connectivity index (χ4v) is 1.39. The van der Waals surface area contributed by atoms with Crippen LogP contribution >= 0.6 is 11.6 Å². The Bertz CT molecular complexity index is 426. The van der Waals surface area contributed by atoms with Crippen LogP contribution in [0.5, 0.6) is 0 Å². The van der Waals surface area contributed by atoms with Gasteiger partial charge in [0.2, 0.25) is 5.91 Å². The number of benzene rings is 1. The predicted octanol–water partition coefficient (Wildman–Crippen LogP) is 2.35. The molecule has 2 N–H and O–H groups in total. The molecule has 1 aromatic rings. The third-order valence-corrected chi connectivity index (χ3v) is 2.19. The van der Waals surface area contributed by atoms with Crippen LogP contribution in [0.2, 0.25) is 5.02 Å². The molecule has 4 nitrogen and oxygen atoms in total. The van der Waals surface area contributed by atoms with Gasteiger partial charge in [0.1, 0.15) is 6.61 Å². The summed E-state index contributed by atoms with van der Waals surface area (Å²) < 4.78 is 0. The molecule has 86 valence electrons. The summed E-state index contributed by atoms with van der Waals surface area (Å²) in [6, 6.07) is 4.95. The predicted molar refractivity (Wildman–Crippen MR) is 63.5 cm³/mol. The highest BCUT2D eigenvalue weighted by Gasteiger charge is 2.11. The van der Waals surface area contributed by atoms with Gasteiger partial charge in [-0.25, -0.2) is 0 Å². The molecule has 0 aliphatic heterocycles. The summed E-state index contributed by atoms with van der Waals surface area (Å²) in [6.07, 6.45) is 0. The van der Waals surface area contributed by atoms with Crippen molar-refractivity contribution in [2.45, 2.75) is 20.5 Å². The SMILES string of the molecule is CC(C)=NOCc1c(Cl)cccc1C(N)=O. The van der Waals surface area contributed by atoms with Crippen molar-refractivity contribution in [1.82, 2.24) is 0 Å². The van der Waals surface area contributed by atoms with Crippen LogP contribution in [-0.4, -0.2) is 11.6 Å². The van der Waals surface area contributed by atoms with Crippen molar-refractivity contribution >= 4 is 23.2 Å². The molecule has 0 fully saturated rings. The molecule has 1 amide bonds. The lowest BCUT2D eigenvalue weighted by molar-refractivity contribution is 0.0988. The Balaban J connectivity index is 2.93. The lowest BCUT2D eigenvalue weighted by atomic mass is 10.1. The van der Waals surface area contributed by atoms with Crippen LogP contribution in [0.15, 0.2) is 23.4 Å². The normalized spacial score (nSPS) is 9.69. The largest absolute Gasteiger partial charge is 0.391 e. The molecule has 16 heavy (non-hydrogen) atoms. The van der Waals surface area contributed by atoms with Crippen molar-refractivity contribution in [3.8, 4) is 0 Å². The third kappa shape index (κ3) is 3.24. The summed E-state index contributed by atoms with van der Waals surface area (Å²) in [5.74, 6) is -0.529. The molecule has 0 heterocycles. The van der Waals surface area contributed by atoms with Crippen molar-refractivity contribution in [2.24, 2.45) is 10.9 Å². The number of nitrogens with two attached hydrogens (primary N) is 1. The molecule has 0 saturated carbocycles. The van der Waals surface area contributed by atoms with E-state index in [-0.39, 0.29) is 6.61 Å². The highest BCUT2D eigenvalue weighted by atomic mass is 35.5. The standard InChI is InChI=1S/C11H13ClN2O2/c1-7(2)14-16-6-9-8(11(13)15)4-3-5-10(9)12/h3-5H,6H2,1-2H3,(H2,13,15). The summed E-state index contributed by atoms with van der Waals surface area (Å²) in [7, 11) is 0. The van der Waals surface area contributed by atoms with Gasteiger partial charge in [-0.15, -0.1) is 0 Å². The van der Waals surface area contributed by atoms with Crippen LogP contribution in [0, 0.1) is 0 Å². The zero-order chi connectivity index (χ0) is 12.1. The van der Waals surface area contributed by atoms with Crippen molar-refractivity contribution in [1.29, 1.82) is 0 Å². The van der Waals surface area contributed by atoms with Gasteiger partial charge in [0.25, 0.3) is 0 Å². The number of halogens is 1. The van der Waals surface area contributed by atoms with Crippen LogP contribution in [0.25, 0.3) is 0 Å². The molecule has 1 rings (SSSR count). The highest BCUT2D eigenvalue weighted by Crippen LogP contribution is 2.20. The minimum absolute atomic E-state index is 0.128. The van der Waals surface area contributed by atoms with Crippen molar-refractivity contribution in [3.05, 3.63) is 34.3 Å². The van der Waals surface area contributed by atoms with Crippen molar-refractivity contribution in [3.63, 3.8) is 0 Å². The Hall–Kier alpha value is -1.55. The van der Waals surface area contributed by atoms with Crippen LogP contribution < -0.4 is 5.73 Å². The molecule has 1 aromatic carbocycles. The first-order chi connectivity index (χ1) is 7.52. The van der Waals surface area contributed by atoms with E-state index < -0.39 is 5.91 Å². The smallest absolute Gasteiger partial charge is 0.249 e. The molecule has 0 atom stereocenters. The highest BCUT2D eigenvalue weighted by molar-refractivity contribution is 6.31. The van der Waals surface area contributed by atoms with E-state index in [1.165, 1.54) is 0 Å². The van der Waals surface area contributed by atoms with Crippen LogP contribution in [-0.2, 0) is 11.4 Å². The van der Waals surface area contributed by atoms with E-state index in [9.17, 15) is 4.79 Å². The fourth-order valence-electron chi connectivity index (χ4n) is 1.16. The molecule has 0 saturated heterocycles. The second-order valence-electron chi connectivity index (χ2n) is 3.44. The number of carbonyl (C=O) groups excluding carboxylic acids is 1. The van der Waals surface area contributed by atoms with Gasteiger partial charge in [-0.1, -0.05) is 22.8 Å². The lowest BCUT2D eigenvalue weighted by Crippen LogP contribution is -2.14. The number of primary amides is 1. The first-order valence-electron chi connectivity index (χ1n) is 4.72. The number of carbonyl (C=O) groups is 1. The Morgan fingerprint density at radius 2 is 2.19 bits per heavy atom. The fraction of sp³-hybridized carbons (Fsp3) is 0.273. The van der Waals surface area contributed by atoms with Gasteiger partial charge < -0.3 is 10.6 Å². The monoisotopic (exact) mass is 240 g/mol. The third-order valence-electron chi connectivity index (χ3n) is 1.84. The van der Waals surface area contributed by atoms with E-state index >= 15 is 0 Å². The maximum absolute atomic E-state index is 11.1. The van der Waals surface area contributed by atoms with Gasteiger partial charge in [0.15, 0.2) is 0 Å². The maximum Gasteiger partial charge on any atom is 0.249 e. The molecule has 5 heteroatoms. The number of rotatable bonds is 4. The molecule has 0 radical (unpaired) electrons. The van der Waals surface area contributed by atoms with Gasteiger partial charge >= 0.3 is 0 Å². The summed E-state index contributed by atoms with van der Waals surface area (Å²) in [4.78, 5) is 16.2. The van der Waals surface area contributed by atoms with Crippen LogP contribution in [0.4, 0.5) is 0 Å². The first kappa shape index (κ1) is 12.5. The van der Waals surface area contributed by atoms with E-state index in [4.69, 9.17) is 22.2 Å². The van der Waals surface area contributed by atoms with Gasteiger partial charge in [0.05, 0.1) is 5.71 Å². The Morgan fingerprint density at radius 3 is 2.75 bits per heavy atom. The molecular weight excluding hydrogens is 228 g/mol. The molecule has 0 spiro atoms. The van der Waals surface area contributed by atoms with E-state index in [1.54, 1.807) is 18.2 Å². The van der Waals surface area contributed by atoms with Crippen molar-refractivity contribution < 1.29 is 9.63 Å². The zero-order valence-electron chi connectivity index (χ0n) is 9.16. The maximum atomic E-state index is 11.1. The molecule has 0 aliphatic carbocycles. The molecule has 0 bridgehead atoms. The average molecular weight is 241 g/mol. The van der Waals surface area contributed by atoms with Crippen LogP contribution in [0.3, 0.4) is 0 Å². The van der Waals surface area contributed by atoms with Gasteiger partial charge in [-0.3, -0.25) is 4.79 Å². The second kappa shape index (κ2) is 5.51. The topological polar surface area (TPSA) is 64.7 Å². The van der Waals surface area contributed by atoms with Crippen molar-refractivity contribution in [2.75, 3.05) is 0 Å². The van der Waals surface area contributed by atoms with E-state index in [0.29, 0.717) is 16.1 Å². The first-order valence-corrected chi connectivity index (χ1v) is 5.10. The van der Waals surface area contributed by atoms with Crippen LogP contribution in [0.1, 0.15) is 29.8 Å². The number of oxime groups is 1. The summed E-state index contributed by atoms with van der Waals surface area (Å²) in [6.45, 7) is 3.74. The number of hydrogen-bond donors (Lipinski definition) is 1. The average Bonchev–Trinajstić information content (AvgIpc) is 2.19. The van der Waals surface area contributed by atoms with E-state index in [2.05, 4.69) is 5.16 Å². The zero-order valence-corrected chi connectivity index (χ0v) is 9.91. The van der Waals surface area contributed by atoms with Gasteiger partial charge in [-0.05, 0) is 26.0 Å². The Labute approximate surface area is 99.0 Å². The quantitative estimate of drug-likeness (QED) is 0.649. The number of nitrogens with zero attached hydrogens (tertiary/aromatic N) is 1. The molecule has 0 unspecified atom stereocenters. The van der Waals surface area contributed by atoms with Gasteiger partial charge in [-0.2, -0.15) is 0 Å². The summed E-state index contributed by atoms with van der Waals surface area (Å²) in [5, 5.41) is 4.21. The van der Waals surface area contributed by atoms with E-state index in [1.807, 2.05) is 13.8 Å². The van der Waals surface area contributed by atoms with Gasteiger partial charge in [0, 0.05) is 16.1 Å². The molecular formula is C11H13ClN2O2. The Kier molecular flexibility index (Phi) is 4.31. The second-order valence-corrected chi connectivity index (χ2v) is 3.85. The minimum Gasteiger partial charge on any atom is -0.391 e. The Morgan fingerprint density at radius 1 is 1.50 bits per heavy atom. The molecule has 0 aromatic heterocycles. The minimum atomic E-state index is -0.529. The number of amides is 1. The summed E-state index contributed by atoms with van der Waals surface area (Å²) >= 11 is 5.95. The molecule has 0 aliphatic rings. The summed E-state index contributed by atoms with van der Waals surface area (Å²) in [5.41, 5.74) is 6.93. The number of hydrogen-bond acceptors (Lipinski definition) is 3. The van der Waals surface area contributed by atoms with E-state index in [0.717, 1.165) is 5.71 Å². The lowest BCUT2D eigenvalue weighted by Gasteiger charge is -2.07.